The van der Waals surface area contributed by atoms with Crippen molar-refractivity contribution in [3.63, 3.8) is 0 Å². The maximum absolute atomic E-state index is 14.5. The van der Waals surface area contributed by atoms with Gasteiger partial charge in [0.05, 0.1) is 18.3 Å². The minimum Gasteiger partial charge on any atom is -0.447 e. The summed E-state index contributed by atoms with van der Waals surface area (Å²) in [6.45, 7) is 1.81. The summed E-state index contributed by atoms with van der Waals surface area (Å²) in [6, 6.07) is 6.04. The lowest BCUT2D eigenvalue weighted by molar-refractivity contribution is -0.116. The molecule has 0 fully saturated rings. The van der Waals surface area contributed by atoms with Gasteiger partial charge in [0.25, 0.3) is 5.91 Å². The van der Waals surface area contributed by atoms with E-state index in [2.05, 4.69) is 25.9 Å². The van der Waals surface area contributed by atoms with Crippen LogP contribution in [0.4, 0.5) is 25.0 Å². The molecule has 0 spiro atoms. The number of aromatic nitrogens is 2. The van der Waals surface area contributed by atoms with Gasteiger partial charge in [-0.3, -0.25) is 14.9 Å². The first-order valence-electron chi connectivity index (χ1n) is 12.7. The van der Waals surface area contributed by atoms with Crippen LogP contribution in [0, 0.1) is 18.6 Å². The number of methoxy groups -OCH3 is 1. The maximum Gasteiger partial charge on any atom is 0.411 e. The van der Waals surface area contributed by atoms with Crippen LogP contribution in [0.15, 0.2) is 42.5 Å². The van der Waals surface area contributed by atoms with Crippen molar-refractivity contribution in [2.45, 2.75) is 32.2 Å². The average Bonchev–Trinajstić information content (AvgIpc) is 3.28. The SMILES string of the molecule is COCCOC(=O)Nc1ccc2c(c1)NC(=O)CCC=CC[C@H](NC(=O)c1c(F)cc(C)cc1F)c1nc-2c(Cl)[nH]1. The van der Waals surface area contributed by atoms with E-state index in [1.807, 2.05) is 0 Å². The molecule has 0 saturated carbocycles. The first-order chi connectivity index (χ1) is 19.7. The minimum atomic E-state index is -0.983. The van der Waals surface area contributed by atoms with E-state index in [0.29, 0.717) is 28.9 Å². The summed E-state index contributed by atoms with van der Waals surface area (Å²) in [4.78, 5) is 45.2. The molecule has 1 atom stereocenters. The van der Waals surface area contributed by atoms with Crippen LogP contribution in [0.1, 0.15) is 47.1 Å². The second-order valence-electron chi connectivity index (χ2n) is 9.22. The molecule has 3 amide bonds. The van der Waals surface area contributed by atoms with Crippen LogP contribution in [-0.4, -0.2) is 48.2 Å². The van der Waals surface area contributed by atoms with Crippen molar-refractivity contribution in [1.82, 2.24) is 15.3 Å². The van der Waals surface area contributed by atoms with Gasteiger partial charge in [-0.15, -0.1) is 0 Å². The van der Waals surface area contributed by atoms with Gasteiger partial charge in [-0.25, -0.2) is 18.6 Å². The van der Waals surface area contributed by atoms with Crippen LogP contribution in [0.5, 0.6) is 0 Å². The fraction of sp³-hybridized carbons (Fsp3) is 0.286. The Labute approximate surface area is 239 Å². The fourth-order valence-electron chi connectivity index (χ4n) is 4.18. The summed E-state index contributed by atoms with van der Waals surface area (Å²) in [5, 5.41) is 8.14. The molecule has 1 aliphatic heterocycles. The number of amides is 3. The van der Waals surface area contributed by atoms with Crippen molar-refractivity contribution in [3.05, 3.63) is 76.2 Å². The zero-order chi connectivity index (χ0) is 29.5. The first kappa shape index (κ1) is 29.7. The van der Waals surface area contributed by atoms with E-state index in [-0.39, 0.29) is 48.6 Å². The van der Waals surface area contributed by atoms with Crippen LogP contribution >= 0.6 is 11.6 Å². The Balaban J connectivity index is 1.67. The second-order valence-corrected chi connectivity index (χ2v) is 9.60. The van der Waals surface area contributed by atoms with Crippen molar-refractivity contribution in [3.8, 4) is 11.3 Å². The van der Waals surface area contributed by atoms with E-state index in [9.17, 15) is 23.2 Å². The van der Waals surface area contributed by atoms with E-state index < -0.39 is 35.2 Å². The Morgan fingerprint density at radius 1 is 1.15 bits per heavy atom. The number of allylic oxidation sites excluding steroid dienone is 1. The molecule has 2 bridgehead atoms. The number of fused-ring (bicyclic) bond motifs is 4. The molecule has 3 aromatic rings. The predicted octanol–water partition coefficient (Wildman–Crippen LogP) is 5.66. The number of carbonyl (C=O) groups excluding carboxylic acids is 3. The van der Waals surface area contributed by atoms with Gasteiger partial charge in [0.15, 0.2) is 0 Å². The molecule has 41 heavy (non-hydrogen) atoms. The summed E-state index contributed by atoms with van der Waals surface area (Å²) in [5.41, 5.74) is 0.971. The molecule has 10 nitrogen and oxygen atoms in total. The van der Waals surface area contributed by atoms with Gasteiger partial charge >= 0.3 is 6.09 Å². The monoisotopic (exact) mass is 587 g/mol. The number of anilines is 2. The predicted molar refractivity (Wildman–Crippen MR) is 149 cm³/mol. The first-order valence-corrected chi connectivity index (χ1v) is 13.1. The van der Waals surface area contributed by atoms with E-state index in [1.165, 1.54) is 20.1 Å². The number of ether oxygens (including phenoxy) is 2. The lowest BCUT2D eigenvalue weighted by Gasteiger charge is -2.16. The van der Waals surface area contributed by atoms with E-state index in [4.69, 9.17) is 21.1 Å². The van der Waals surface area contributed by atoms with Crippen LogP contribution in [-0.2, 0) is 14.3 Å². The maximum atomic E-state index is 14.5. The number of hydrogen-bond acceptors (Lipinski definition) is 6. The minimum absolute atomic E-state index is 0.0596. The lowest BCUT2D eigenvalue weighted by Crippen LogP contribution is -2.30. The lowest BCUT2D eigenvalue weighted by atomic mass is 10.1. The second kappa shape index (κ2) is 13.4. The molecule has 0 unspecified atom stereocenters. The van der Waals surface area contributed by atoms with Gasteiger partial charge in [0.1, 0.15) is 40.5 Å². The molecule has 13 heteroatoms. The zero-order valence-electron chi connectivity index (χ0n) is 22.3. The molecule has 4 rings (SSSR count). The van der Waals surface area contributed by atoms with Gasteiger partial charge in [-0.05, 0) is 55.7 Å². The molecule has 1 aromatic heterocycles. The molecular formula is C28H28ClF2N5O5. The quantitative estimate of drug-likeness (QED) is 0.217. The number of H-pyrrole nitrogens is 1. The van der Waals surface area contributed by atoms with Gasteiger partial charge in [-0.2, -0.15) is 0 Å². The largest absolute Gasteiger partial charge is 0.447 e. The standard InChI is InChI=1S/C28H28ClF2N5O5/c1-15-12-18(30)23(19(31)13-15)27(38)34-20-6-4-3-5-7-22(37)33-21-14-16(32-28(39)41-11-10-40-2)8-9-17(21)24-25(29)36-26(20)35-24/h3-4,8-9,12-14,20H,5-7,10-11H2,1-2H3,(H,32,39)(H,33,37)(H,34,38)(H,35,36)/t20-/m0/s1. The highest BCUT2D eigenvalue weighted by atomic mass is 35.5. The van der Waals surface area contributed by atoms with Crippen LogP contribution in [0.3, 0.4) is 0 Å². The Morgan fingerprint density at radius 2 is 1.90 bits per heavy atom. The normalized spacial score (nSPS) is 15.0. The summed E-state index contributed by atoms with van der Waals surface area (Å²) in [5.74, 6) is -2.98. The highest BCUT2D eigenvalue weighted by Crippen LogP contribution is 2.35. The number of benzene rings is 2. The highest BCUT2D eigenvalue weighted by Gasteiger charge is 2.25. The smallest absolute Gasteiger partial charge is 0.411 e. The molecule has 216 valence electrons. The van der Waals surface area contributed by atoms with E-state index in [1.54, 1.807) is 24.3 Å². The molecule has 0 radical (unpaired) electrons. The van der Waals surface area contributed by atoms with Crippen molar-refractivity contribution in [1.29, 1.82) is 0 Å². The Morgan fingerprint density at radius 3 is 2.63 bits per heavy atom. The van der Waals surface area contributed by atoms with Gasteiger partial charge < -0.3 is 25.1 Å². The number of hydrogen-bond donors (Lipinski definition) is 4. The number of halogens is 3. The topological polar surface area (TPSA) is 134 Å². The van der Waals surface area contributed by atoms with Crippen molar-refractivity contribution >= 4 is 40.9 Å². The van der Waals surface area contributed by atoms with Crippen molar-refractivity contribution in [2.24, 2.45) is 0 Å². The Hall–Kier alpha value is -4.29. The number of aryl methyl sites for hydroxylation is 1. The summed E-state index contributed by atoms with van der Waals surface area (Å²) in [6.07, 6.45) is 3.51. The third-order valence-electron chi connectivity index (χ3n) is 6.12. The zero-order valence-corrected chi connectivity index (χ0v) is 23.0. The number of carbonyl (C=O) groups is 3. The summed E-state index contributed by atoms with van der Waals surface area (Å²) in [7, 11) is 1.48. The molecule has 0 saturated heterocycles. The number of aromatic amines is 1. The van der Waals surface area contributed by atoms with E-state index >= 15 is 0 Å². The molecule has 1 aliphatic rings. The fourth-order valence-corrected chi connectivity index (χ4v) is 4.42. The van der Waals surface area contributed by atoms with Crippen LogP contribution < -0.4 is 16.0 Å². The number of rotatable bonds is 6. The molecule has 0 aliphatic carbocycles. The van der Waals surface area contributed by atoms with Gasteiger partial charge in [0, 0.05) is 24.8 Å². The molecular weight excluding hydrogens is 560 g/mol. The van der Waals surface area contributed by atoms with Crippen molar-refractivity contribution < 1.29 is 32.6 Å². The Kier molecular flexibility index (Phi) is 9.69. The van der Waals surface area contributed by atoms with Gasteiger partial charge in [0.2, 0.25) is 5.91 Å². The number of imidazole rings is 1. The molecule has 2 aromatic carbocycles. The third kappa shape index (κ3) is 7.47. The summed E-state index contributed by atoms with van der Waals surface area (Å²) < 4.78 is 38.9. The van der Waals surface area contributed by atoms with Crippen LogP contribution in [0.25, 0.3) is 11.3 Å². The van der Waals surface area contributed by atoms with E-state index in [0.717, 1.165) is 12.1 Å². The Bertz CT molecular complexity index is 1470. The average molecular weight is 588 g/mol. The molecule has 4 N–H and O–H groups in total. The van der Waals surface area contributed by atoms with Crippen LogP contribution in [0.2, 0.25) is 5.15 Å². The molecule has 2 heterocycles. The summed E-state index contributed by atoms with van der Waals surface area (Å²) >= 11 is 6.51. The van der Waals surface area contributed by atoms with Crippen molar-refractivity contribution in [2.75, 3.05) is 31.0 Å². The number of nitrogens with one attached hydrogen (secondary N) is 4. The highest BCUT2D eigenvalue weighted by molar-refractivity contribution is 6.32. The number of nitrogens with zero attached hydrogens (tertiary/aromatic N) is 1. The van der Waals surface area contributed by atoms with Gasteiger partial charge in [-0.1, -0.05) is 23.8 Å². The third-order valence-corrected chi connectivity index (χ3v) is 6.39.